The summed E-state index contributed by atoms with van der Waals surface area (Å²) in [6.07, 6.45) is 3.50. The van der Waals surface area contributed by atoms with Crippen LogP contribution in [0.2, 0.25) is 0 Å². The Hall–Kier alpha value is -0.785. The van der Waals surface area contributed by atoms with Crippen molar-refractivity contribution in [2.24, 2.45) is 4.99 Å². The molecule has 0 aromatic heterocycles. The van der Waals surface area contributed by atoms with Gasteiger partial charge in [0.25, 0.3) is 0 Å². The van der Waals surface area contributed by atoms with Crippen molar-refractivity contribution in [1.29, 1.82) is 0 Å². The second kappa shape index (κ2) is 9.21. The van der Waals surface area contributed by atoms with E-state index in [1.54, 1.807) is 19.3 Å². The fraction of sp³-hybridized carbons (Fsp3) is 0.444. The lowest BCUT2D eigenvalue weighted by atomic mass is 9.96. The first kappa shape index (κ1) is 12.9. The molecule has 0 aliphatic heterocycles. The normalized spacial score (nSPS) is 10.7. The van der Waals surface area contributed by atoms with Gasteiger partial charge in [0, 0.05) is 13.3 Å². The fourth-order valence-electron chi connectivity index (χ4n) is 0.533. The first-order valence-corrected chi connectivity index (χ1v) is 3.71. The average molecular weight is 149 g/mol. The molecule has 11 heavy (non-hydrogen) atoms. The molecule has 0 aliphatic rings. The Bertz CT molecular complexity index is 157. The minimum Gasteiger partial charge on any atom is -0.296 e. The molecule has 0 saturated carbocycles. The second-order valence-corrected chi connectivity index (χ2v) is 1.85. The molecule has 0 N–H and O–H groups in total. The van der Waals surface area contributed by atoms with E-state index >= 15 is 0 Å². The summed E-state index contributed by atoms with van der Waals surface area (Å²) in [5.74, 6) is 0. The van der Waals surface area contributed by atoms with Gasteiger partial charge in [-0.1, -0.05) is 19.9 Å². The molecular weight excluding hydrogens is 133 g/mol. The van der Waals surface area contributed by atoms with Crippen LogP contribution in [0.15, 0.2) is 28.7 Å². The predicted octanol–water partition coefficient (Wildman–Crippen LogP) is 2.34. The van der Waals surface area contributed by atoms with E-state index in [1.165, 1.54) is 0 Å². The Labute approximate surface area is 71.3 Å². The molecule has 0 bridgehead atoms. The third kappa shape index (κ3) is 12.4. The molecule has 0 amide bonds. The molecule has 0 heterocycles. The molecule has 0 unspecified atom stereocenters. The number of allylic oxidation sites excluding steroid dienone is 3. The van der Waals surface area contributed by atoms with Crippen LogP contribution in [-0.4, -0.2) is 21.1 Å². The van der Waals surface area contributed by atoms with Gasteiger partial charge < -0.3 is 0 Å². The molecule has 0 saturated heterocycles. The van der Waals surface area contributed by atoms with E-state index in [1.807, 2.05) is 20.8 Å². The fourth-order valence-corrected chi connectivity index (χ4v) is 0.533. The highest BCUT2D eigenvalue weighted by Crippen LogP contribution is 1.92. The van der Waals surface area contributed by atoms with E-state index in [-0.39, 0.29) is 0 Å². The summed E-state index contributed by atoms with van der Waals surface area (Å²) in [6.45, 7) is 9.44. The van der Waals surface area contributed by atoms with Crippen LogP contribution in [0.5, 0.6) is 0 Å². The van der Waals surface area contributed by atoms with E-state index in [4.69, 9.17) is 7.85 Å². The summed E-state index contributed by atoms with van der Waals surface area (Å²) in [6, 6.07) is 0. The van der Waals surface area contributed by atoms with E-state index < -0.39 is 0 Å². The van der Waals surface area contributed by atoms with Gasteiger partial charge in [0.1, 0.15) is 7.85 Å². The Morgan fingerprint density at radius 2 is 1.91 bits per heavy atom. The van der Waals surface area contributed by atoms with E-state index in [9.17, 15) is 0 Å². The monoisotopic (exact) mass is 149 g/mol. The Morgan fingerprint density at radius 3 is 2.18 bits per heavy atom. The number of nitrogens with zero attached hydrogens (tertiary/aromatic N) is 1. The summed E-state index contributed by atoms with van der Waals surface area (Å²) in [5, 5.41) is 0. The van der Waals surface area contributed by atoms with Gasteiger partial charge in [-0.2, -0.15) is 0 Å². The first-order valence-electron chi connectivity index (χ1n) is 3.71. The van der Waals surface area contributed by atoms with Crippen LogP contribution in [0.3, 0.4) is 0 Å². The molecule has 60 valence electrons. The van der Waals surface area contributed by atoms with Gasteiger partial charge in [0.2, 0.25) is 0 Å². The first-order chi connectivity index (χ1) is 5.16. The van der Waals surface area contributed by atoms with Gasteiger partial charge in [0.05, 0.1) is 0 Å². The van der Waals surface area contributed by atoms with Crippen LogP contribution in [0.25, 0.3) is 0 Å². The Morgan fingerprint density at radius 1 is 1.45 bits per heavy atom. The average Bonchev–Trinajstić information content (AvgIpc) is 1.91. The topological polar surface area (TPSA) is 12.4 Å². The van der Waals surface area contributed by atoms with Crippen molar-refractivity contribution in [3.05, 3.63) is 23.7 Å². The van der Waals surface area contributed by atoms with Gasteiger partial charge in [0.15, 0.2) is 0 Å². The summed E-state index contributed by atoms with van der Waals surface area (Å²) in [7, 11) is 7.01. The highest BCUT2D eigenvalue weighted by atomic mass is 14.6. The van der Waals surface area contributed by atoms with Crippen molar-refractivity contribution in [3.63, 3.8) is 0 Å². The molecule has 0 rings (SSSR count). The lowest BCUT2D eigenvalue weighted by Gasteiger charge is -1.88. The summed E-state index contributed by atoms with van der Waals surface area (Å²) in [4.78, 5) is 3.80. The maximum atomic E-state index is 5.29. The third-order valence-electron chi connectivity index (χ3n) is 0.746. The van der Waals surface area contributed by atoms with Gasteiger partial charge in [-0.05, 0) is 12.5 Å². The van der Waals surface area contributed by atoms with E-state index in [2.05, 4.69) is 11.6 Å². The quantitative estimate of drug-likeness (QED) is 0.324. The zero-order valence-corrected chi connectivity index (χ0v) is 7.89. The zero-order chi connectivity index (χ0) is 9.28. The van der Waals surface area contributed by atoms with Gasteiger partial charge in [-0.3, -0.25) is 4.99 Å². The van der Waals surface area contributed by atoms with Crippen LogP contribution in [0.1, 0.15) is 20.8 Å². The van der Waals surface area contributed by atoms with Crippen LogP contribution in [-0.2, 0) is 0 Å². The van der Waals surface area contributed by atoms with Crippen molar-refractivity contribution >= 4 is 14.1 Å². The van der Waals surface area contributed by atoms with Gasteiger partial charge >= 0.3 is 0 Å². The Kier molecular flexibility index (Phi) is 10.8. The molecule has 0 aromatic carbocycles. The minimum atomic E-state index is 0.562. The van der Waals surface area contributed by atoms with Crippen LogP contribution in [0.4, 0.5) is 0 Å². The molecule has 2 heteroatoms. The predicted molar refractivity (Wildman–Crippen MR) is 54.4 cm³/mol. The lowest BCUT2D eigenvalue weighted by molar-refractivity contribution is 1.44. The Balaban J connectivity index is 0. The van der Waals surface area contributed by atoms with E-state index in [0.29, 0.717) is 5.47 Å². The summed E-state index contributed by atoms with van der Waals surface area (Å²) < 4.78 is 0. The lowest BCUT2D eigenvalue weighted by Crippen LogP contribution is -1.79. The molecular formula is C9H16BN. The molecule has 0 spiro atoms. The van der Waals surface area contributed by atoms with Crippen LogP contribution < -0.4 is 0 Å². The van der Waals surface area contributed by atoms with E-state index in [0.717, 1.165) is 5.57 Å². The van der Waals surface area contributed by atoms with Crippen molar-refractivity contribution in [1.82, 2.24) is 0 Å². The van der Waals surface area contributed by atoms with Crippen molar-refractivity contribution in [2.75, 3.05) is 7.05 Å². The number of aliphatic imine (C=N–C) groups is 1. The molecule has 1 nitrogen and oxygen atoms in total. The highest BCUT2D eigenvalue weighted by Gasteiger charge is 1.79. The number of hydrogen-bond donors (Lipinski definition) is 0. The van der Waals surface area contributed by atoms with Crippen molar-refractivity contribution in [3.8, 4) is 0 Å². The largest absolute Gasteiger partial charge is 0.296 e. The molecule has 0 fully saturated rings. The van der Waals surface area contributed by atoms with Crippen molar-refractivity contribution < 1.29 is 0 Å². The number of hydrogen-bond acceptors (Lipinski definition) is 1. The summed E-state index contributed by atoms with van der Waals surface area (Å²) in [5.41, 5.74) is 1.58. The number of rotatable bonds is 2. The second-order valence-electron chi connectivity index (χ2n) is 1.85. The van der Waals surface area contributed by atoms with Gasteiger partial charge in [-0.25, -0.2) is 0 Å². The molecule has 0 aliphatic carbocycles. The minimum absolute atomic E-state index is 0.562. The van der Waals surface area contributed by atoms with Crippen LogP contribution in [0, 0.1) is 0 Å². The maximum Gasteiger partial charge on any atom is 0.112 e. The van der Waals surface area contributed by atoms with Gasteiger partial charge in [-0.15, -0.1) is 12.1 Å². The van der Waals surface area contributed by atoms with Crippen LogP contribution >= 0.6 is 0 Å². The smallest absolute Gasteiger partial charge is 0.112 e. The molecule has 2 radical (unpaired) electrons. The SMILES string of the molecule is CC.[B]C(=C)/C=C(/C)C=NC. The third-order valence-corrected chi connectivity index (χ3v) is 0.746. The molecule has 0 atom stereocenters. The maximum absolute atomic E-state index is 5.29. The molecule has 0 aromatic rings. The highest BCUT2D eigenvalue weighted by molar-refractivity contribution is 6.23. The van der Waals surface area contributed by atoms with Crippen molar-refractivity contribution in [2.45, 2.75) is 20.8 Å². The summed E-state index contributed by atoms with van der Waals surface area (Å²) >= 11 is 0. The zero-order valence-electron chi connectivity index (χ0n) is 7.89. The standard InChI is InChI=1S/C7H10BN.C2H6/c1-6(5-9-3)4-7(2)8;1-2/h4-5H,2H2,1,3H3;1-2H3/b6-4-,9-5?;.